The maximum atomic E-state index is 13.9. The lowest BCUT2D eigenvalue weighted by atomic mass is 10.0. The topological polar surface area (TPSA) is 84.3 Å². The van der Waals surface area contributed by atoms with Crippen molar-refractivity contribution in [3.8, 4) is 0 Å². The second-order valence-electron chi connectivity index (χ2n) is 10.0. The SMILES string of the molecule is CC(C)(C)[Si](OC[C@H]1C[C@@H](n2cc(F)c(=O)[nH]c2=O)C=C1CO)(c1ccccc1)c1ccccc1. The molecule has 0 amide bonds. The maximum absolute atomic E-state index is 13.9. The fraction of sp³-hybridized carbons (Fsp3) is 0.333. The largest absolute Gasteiger partial charge is 0.407 e. The quantitative estimate of drug-likeness (QED) is 0.391. The standard InChI is InChI=1S/C27H31FN2O4Si/c1-27(2,3)35(22-10-6-4-7-11-22,23-12-8-5-9-13-23)34-18-20-15-21(14-19(20)17-31)30-16-24(28)25(32)29-26(30)33/h4-14,16,20-21,31H,15,17-18H2,1-3H3,(H,29,32,33)/t20-,21+/m1/s1. The van der Waals surface area contributed by atoms with Crippen molar-refractivity contribution >= 4 is 18.7 Å². The molecule has 184 valence electrons. The molecule has 0 spiro atoms. The van der Waals surface area contributed by atoms with Crippen molar-refractivity contribution in [2.75, 3.05) is 13.2 Å². The van der Waals surface area contributed by atoms with E-state index in [1.165, 1.54) is 4.57 Å². The molecule has 2 N–H and O–H groups in total. The van der Waals surface area contributed by atoms with Crippen LogP contribution in [0.25, 0.3) is 0 Å². The molecular formula is C27H31FN2O4Si. The molecule has 1 heterocycles. The highest BCUT2D eigenvalue weighted by Gasteiger charge is 2.50. The molecule has 0 radical (unpaired) electrons. The van der Waals surface area contributed by atoms with E-state index >= 15 is 0 Å². The van der Waals surface area contributed by atoms with Gasteiger partial charge in [0.1, 0.15) is 0 Å². The van der Waals surface area contributed by atoms with Gasteiger partial charge in [0, 0.05) is 12.5 Å². The van der Waals surface area contributed by atoms with Crippen LogP contribution < -0.4 is 21.6 Å². The van der Waals surface area contributed by atoms with E-state index in [0.717, 1.165) is 22.1 Å². The van der Waals surface area contributed by atoms with Gasteiger partial charge in [0.05, 0.1) is 18.8 Å². The van der Waals surface area contributed by atoms with E-state index in [0.29, 0.717) is 13.0 Å². The summed E-state index contributed by atoms with van der Waals surface area (Å²) in [4.78, 5) is 25.8. The van der Waals surface area contributed by atoms with Gasteiger partial charge in [0.15, 0.2) is 0 Å². The lowest BCUT2D eigenvalue weighted by Gasteiger charge is -2.43. The molecule has 1 aliphatic rings. The van der Waals surface area contributed by atoms with Crippen molar-refractivity contribution in [2.24, 2.45) is 5.92 Å². The van der Waals surface area contributed by atoms with Gasteiger partial charge < -0.3 is 9.53 Å². The number of aliphatic hydroxyl groups excluding tert-OH is 1. The minimum atomic E-state index is -2.77. The van der Waals surface area contributed by atoms with Gasteiger partial charge in [-0.15, -0.1) is 0 Å². The lowest BCUT2D eigenvalue weighted by Crippen LogP contribution is -2.66. The summed E-state index contributed by atoms with van der Waals surface area (Å²) in [5, 5.41) is 12.2. The van der Waals surface area contributed by atoms with Crippen LogP contribution in [-0.4, -0.2) is 36.2 Å². The number of hydrogen-bond acceptors (Lipinski definition) is 4. The Hall–Kier alpha value is -3.07. The molecule has 0 bridgehead atoms. The summed E-state index contributed by atoms with van der Waals surface area (Å²) >= 11 is 0. The third-order valence-electron chi connectivity index (χ3n) is 6.84. The number of rotatable bonds is 7. The maximum Gasteiger partial charge on any atom is 0.329 e. The van der Waals surface area contributed by atoms with Crippen LogP contribution in [0.2, 0.25) is 5.04 Å². The van der Waals surface area contributed by atoms with Crippen LogP contribution in [0.1, 0.15) is 33.2 Å². The van der Waals surface area contributed by atoms with E-state index < -0.39 is 31.4 Å². The molecular weight excluding hydrogens is 463 g/mol. The molecule has 0 fully saturated rings. The molecule has 4 rings (SSSR count). The first kappa shape index (κ1) is 25.0. The zero-order valence-corrected chi connectivity index (χ0v) is 21.2. The third kappa shape index (κ3) is 4.74. The molecule has 0 saturated carbocycles. The number of aromatic amines is 1. The van der Waals surface area contributed by atoms with Crippen molar-refractivity contribution in [1.82, 2.24) is 9.55 Å². The number of benzene rings is 2. The number of aromatic nitrogens is 2. The normalized spacial score (nSPS) is 18.5. The van der Waals surface area contributed by atoms with Gasteiger partial charge in [0.2, 0.25) is 5.82 Å². The van der Waals surface area contributed by atoms with Crippen LogP contribution in [0, 0.1) is 11.7 Å². The Balaban J connectivity index is 1.69. The number of hydrogen-bond donors (Lipinski definition) is 2. The van der Waals surface area contributed by atoms with Gasteiger partial charge in [-0.05, 0) is 27.4 Å². The minimum Gasteiger partial charge on any atom is -0.407 e. The first-order valence-electron chi connectivity index (χ1n) is 11.7. The Kier molecular flexibility index (Phi) is 7.07. The minimum absolute atomic E-state index is 0.159. The van der Waals surface area contributed by atoms with Gasteiger partial charge in [-0.2, -0.15) is 4.39 Å². The van der Waals surface area contributed by atoms with Crippen LogP contribution >= 0.6 is 0 Å². The van der Waals surface area contributed by atoms with Gasteiger partial charge in [0.25, 0.3) is 13.9 Å². The molecule has 3 aromatic rings. The Morgan fingerprint density at radius 3 is 2.14 bits per heavy atom. The highest BCUT2D eigenvalue weighted by atomic mass is 28.4. The molecule has 0 saturated heterocycles. The summed E-state index contributed by atoms with van der Waals surface area (Å²) in [6.45, 7) is 6.75. The Bertz CT molecular complexity index is 1270. The molecule has 1 aromatic heterocycles. The summed E-state index contributed by atoms with van der Waals surface area (Å²) in [5.74, 6) is -1.18. The van der Waals surface area contributed by atoms with Gasteiger partial charge in [-0.25, -0.2) is 4.79 Å². The monoisotopic (exact) mass is 494 g/mol. The van der Waals surface area contributed by atoms with E-state index in [-0.39, 0.29) is 17.6 Å². The molecule has 0 unspecified atom stereocenters. The average Bonchev–Trinajstić information content (AvgIpc) is 3.25. The second kappa shape index (κ2) is 9.89. The number of aliphatic hydroxyl groups is 1. The number of nitrogens with one attached hydrogen (secondary N) is 1. The predicted octanol–water partition coefficient (Wildman–Crippen LogP) is 2.73. The number of halogens is 1. The van der Waals surface area contributed by atoms with Crippen molar-refractivity contribution in [3.05, 3.63) is 105 Å². The van der Waals surface area contributed by atoms with Crippen LogP contribution in [0.5, 0.6) is 0 Å². The summed E-state index contributed by atoms with van der Waals surface area (Å²) in [6.07, 6.45) is 3.17. The van der Waals surface area contributed by atoms with Crippen LogP contribution in [0.4, 0.5) is 4.39 Å². The second-order valence-corrected chi connectivity index (χ2v) is 14.3. The first-order chi connectivity index (χ1) is 16.7. The summed E-state index contributed by atoms with van der Waals surface area (Å²) in [7, 11) is -2.77. The molecule has 0 aliphatic heterocycles. The van der Waals surface area contributed by atoms with Crippen molar-refractivity contribution in [1.29, 1.82) is 0 Å². The fourth-order valence-electron chi connectivity index (χ4n) is 5.14. The number of allylic oxidation sites excluding steroid dienone is 1. The third-order valence-corrected chi connectivity index (χ3v) is 11.8. The summed E-state index contributed by atoms with van der Waals surface area (Å²) in [5.41, 5.74) is -0.975. The van der Waals surface area contributed by atoms with Crippen LogP contribution in [-0.2, 0) is 4.43 Å². The predicted molar refractivity (Wildman–Crippen MR) is 137 cm³/mol. The van der Waals surface area contributed by atoms with Gasteiger partial charge in [-0.3, -0.25) is 14.3 Å². The Morgan fingerprint density at radius 1 is 1.06 bits per heavy atom. The van der Waals surface area contributed by atoms with E-state index in [1.54, 1.807) is 6.08 Å². The van der Waals surface area contributed by atoms with Crippen molar-refractivity contribution in [3.63, 3.8) is 0 Å². The van der Waals surface area contributed by atoms with Gasteiger partial charge >= 0.3 is 5.69 Å². The van der Waals surface area contributed by atoms with Gasteiger partial charge in [-0.1, -0.05) is 87.5 Å². The van der Waals surface area contributed by atoms with Crippen molar-refractivity contribution < 1.29 is 13.9 Å². The summed E-state index contributed by atoms with van der Waals surface area (Å²) < 4.78 is 22.1. The van der Waals surface area contributed by atoms with E-state index in [9.17, 15) is 19.1 Å². The first-order valence-corrected chi connectivity index (χ1v) is 13.7. The zero-order chi connectivity index (χ0) is 25.2. The Morgan fingerprint density at radius 2 is 1.63 bits per heavy atom. The molecule has 35 heavy (non-hydrogen) atoms. The molecule has 6 nitrogen and oxygen atoms in total. The number of nitrogens with zero attached hydrogens (tertiary/aromatic N) is 1. The fourth-order valence-corrected chi connectivity index (χ4v) is 9.75. The van der Waals surface area contributed by atoms with Crippen molar-refractivity contribution in [2.45, 2.75) is 38.3 Å². The molecule has 2 atom stereocenters. The van der Waals surface area contributed by atoms with E-state index in [1.807, 2.05) is 41.4 Å². The molecule has 1 aliphatic carbocycles. The Labute approximate surface area is 204 Å². The lowest BCUT2D eigenvalue weighted by molar-refractivity contribution is 0.229. The van der Waals surface area contributed by atoms with Crippen LogP contribution in [0.15, 0.2) is 88.1 Å². The summed E-state index contributed by atoms with van der Waals surface area (Å²) in [6, 6.07) is 20.1. The molecule has 2 aromatic carbocycles. The number of H-pyrrole nitrogens is 1. The molecule has 8 heteroatoms. The average molecular weight is 495 g/mol. The van der Waals surface area contributed by atoms with E-state index in [2.05, 4.69) is 45.0 Å². The zero-order valence-electron chi connectivity index (χ0n) is 20.2. The highest BCUT2D eigenvalue weighted by Crippen LogP contribution is 2.39. The van der Waals surface area contributed by atoms with Crippen LogP contribution in [0.3, 0.4) is 0 Å². The van der Waals surface area contributed by atoms with E-state index in [4.69, 9.17) is 4.43 Å². The highest BCUT2D eigenvalue weighted by molar-refractivity contribution is 6.99. The smallest absolute Gasteiger partial charge is 0.329 e.